The molecule has 0 saturated heterocycles. The molecule has 6 nitrogen and oxygen atoms in total. The highest BCUT2D eigenvalue weighted by Crippen LogP contribution is 2.31. The van der Waals surface area contributed by atoms with Crippen molar-refractivity contribution in [3.63, 3.8) is 0 Å². The molecule has 0 aliphatic carbocycles. The maximum atomic E-state index is 13.3. The number of nitrogens with zero attached hydrogens (tertiary/aromatic N) is 3. The number of nitrogens with one attached hydrogen (secondary N) is 1. The van der Waals surface area contributed by atoms with E-state index in [0.717, 1.165) is 16.7 Å². The van der Waals surface area contributed by atoms with Gasteiger partial charge in [0.25, 0.3) is 0 Å². The van der Waals surface area contributed by atoms with E-state index >= 15 is 0 Å². The van der Waals surface area contributed by atoms with Crippen molar-refractivity contribution < 1.29 is 9.59 Å². The second-order valence-corrected chi connectivity index (χ2v) is 8.69. The average Bonchev–Trinajstić information content (AvgIpc) is 2.92. The number of fused-ring (bicyclic) bond motifs is 1. The molecule has 1 N–H and O–H groups in total. The third-order valence-electron chi connectivity index (χ3n) is 5.88. The summed E-state index contributed by atoms with van der Waals surface area (Å²) >= 11 is 0. The lowest BCUT2D eigenvalue weighted by molar-refractivity contribution is -0.120. The number of amides is 2. The van der Waals surface area contributed by atoms with Crippen molar-refractivity contribution in [2.24, 2.45) is 4.99 Å². The maximum absolute atomic E-state index is 13.3. The molecule has 1 aliphatic heterocycles. The van der Waals surface area contributed by atoms with Gasteiger partial charge in [-0.25, -0.2) is 9.98 Å². The Bertz CT molecular complexity index is 1250. The fourth-order valence-corrected chi connectivity index (χ4v) is 3.80. The van der Waals surface area contributed by atoms with Gasteiger partial charge in [0.2, 0.25) is 11.8 Å². The summed E-state index contributed by atoms with van der Waals surface area (Å²) in [6, 6.07) is 17.4. The molecule has 0 spiro atoms. The quantitative estimate of drug-likeness (QED) is 0.584. The number of aliphatic imine (C=N–C) groups is 1. The number of carbonyl (C=O) groups is 2. The van der Waals surface area contributed by atoms with Crippen molar-refractivity contribution in [1.82, 2.24) is 4.98 Å². The molecule has 4 rings (SSSR count). The first-order valence-electron chi connectivity index (χ1n) is 11.1. The summed E-state index contributed by atoms with van der Waals surface area (Å²) in [6.45, 7) is 8.16. The van der Waals surface area contributed by atoms with Crippen LogP contribution in [0.4, 0.5) is 17.2 Å². The van der Waals surface area contributed by atoms with Crippen molar-refractivity contribution in [3.8, 4) is 0 Å². The van der Waals surface area contributed by atoms with Crippen LogP contribution in [0, 0.1) is 13.8 Å². The van der Waals surface area contributed by atoms with Gasteiger partial charge in [-0.1, -0.05) is 38.1 Å². The SMILES string of the molecule is Cc1ccc(C2=Nc3cccnc3N(CC(=O)Nc3cccc(C(C)C)c3)C(=O)C2)cc1C. The Labute approximate surface area is 194 Å². The van der Waals surface area contributed by atoms with E-state index in [1.807, 2.05) is 55.5 Å². The number of anilines is 2. The van der Waals surface area contributed by atoms with Crippen LogP contribution < -0.4 is 10.2 Å². The Morgan fingerprint density at radius 3 is 2.64 bits per heavy atom. The number of rotatable bonds is 5. The highest BCUT2D eigenvalue weighted by molar-refractivity contribution is 6.18. The molecule has 0 bridgehead atoms. The lowest BCUT2D eigenvalue weighted by Crippen LogP contribution is -2.39. The van der Waals surface area contributed by atoms with E-state index in [1.54, 1.807) is 12.3 Å². The largest absolute Gasteiger partial charge is 0.325 e. The molecule has 168 valence electrons. The minimum atomic E-state index is -0.282. The molecule has 2 amide bonds. The normalized spacial score (nSPS) is 13.4. The van der Waals surface area contributed by atoms with E-state index in [2.05, 4.69) is 31.1 Å². The van der Waals surface area contributed by atoms with Gasteiger partial charge in [-0.3, -0.25) is 14.5 Å². The van der Waals surface area contributed by atoms with E-state index < -0.39 is 0 Å². The van der Waals surface area contributed by atoms with Gasteiger partial charge in [-0.05, 0) is 72.4 Å². The predicted octanol–water partition coefficient (Wildman–Crippen LogP) is 5.32. The lowest BCUT2D eigenvalue weighted by Gasteiger charge is -2.21. The molecule has 0 fully saturated rings. The third kappa shape index (κ3) is 5.00. The van der Waals surface area contributed by atoms with E-state index in [4.69, 9.17) is 4.99 Å². The zero-order valence-electron chi connectivity index (χ0n) is 19.4. The fraction of sp³-hybridized carbons (Fsp3) is 0.259. The van der Waals surface area contributed by atoms with Crippen LogP contribution in [0.1, 0.15) is 48.4 Å². The van der Waals surface area contributed by atoms with Gasteiger partial charge in [0.1, 0.15) is 12.2 Å². The summed E-state index contributed by atoms with van der Waals surface area (Å²) < 4.78 is 0. The van der Waals surface area contributed by atoms with Crippen LogP contribution in [0.5, 0.6) is 0 Å². The molecular formula is C27H28N4O2. The first kappa shape index (κ1) is 22.4. The fourth-order valence-electron chi connectivity index (χ4n) is 3.80. The van der Waals surface area contributed by atoms with Crippen LogP contribution in [-0.4, -0.2) is 29.1 Å². The molecule has 0 unspecified atom stereocenters. The summed E-state index contributed by atoms with van der Waals surface area (Å²) in [5.74, 6) is 0.254. The summed E-state index contributed by atoms with van der Waals surface area (Å²) in [7, 11) is 0. The van der Waals surface area contributed by atoms with E-state index in [9.17, 15) is 9.59 Å². The first-order chi connectivity index (χ1) is 15.8. The summed E-state index contributed by atoms with van der Waals surface area (Å²) in [5, 5.41) is 2.91. The average molecular weight is 441 g/mol. The van der Waals surface area contributed by atoms with Gasteiger partial charge in [0.05, 0.1) is 12.1 Å². The standard InChI is InChI=1S/C27H28N4O2/c1-17(2)20-7-5-8-22(14-20)29-25(32)16-31-26(33)15-24(21-11-10-18(3)19(4)13-21)30-23-9-6-12-28-27(23)31/h5-14,17H,15-16H2,1-4H3,(H,29,32). The molecule has 2 aromatic carbocycles. The Morgan fingerprint density at radius 2 is 1.88 bits per heavy atom. The van der Waals surface area contributed by atoms with Crippen LogP contribution in [0.2, 0.25) is 0 Å². The number of hydrogen-bond donors (Lipinski definition) is 1. The highest BCUT2D eigenvalue weighted by atomic mass is 16.2. The van der Waals surface area contributed by atoms with Gasteiger partial charge in [-0.15, -0.1) is 0 Å². The highest BCUT2D eigenvalue weighted by Gasteiger charge is 2.28. The Kier molecular flexibility index (Phi) is 6.36. The maximum Gasteiger partial charge on any atom is 0.244 e. The van der Waals surface area contributed by atoms with E-state index in [0.29, 0.717) is 28.8 Å². The lowest BCUT2D eigenvalue weighted by atomic mass is 10.0. The zero-order valence-corrected chi connectivity index (χ0v) is 19.4. The third-order valence-corrected chi connectivity index (χ3v) is 5.88. The van der Waals surface area contributed by atoms with Crippen LogP contribution in [0.15, 0.2) is 65.8 Å². The monoisotopic (exact) mass is 440 g/mol. The second-order valence-electron chi connectivity index (χ2n) is 8.69. The number of hydrogen-bond acceptors (Lipinski definition) is 4. The van der Waals surface area contributed by atoms with Crippen molar-refractivity contribution in [3.05, 3.63) is 83.0 Å². The predicted molar refractivity (Wildman–Crippen MR) is 132 cm³/mol. The summed E-state index contributed by atoms with van der Waals surface area (Å²) in [5.41, 5.74) is 6.31. The zero-order chi connectivity index (χ0) is 23.5. The molecule has 1 aromatic heterocycles. The topological polar surface area (TPSA) is 74.7 Å². The molecule has 0 saturated carbocycles. The van der Waals surface area contributed by atoms with Crippen LogP contribution >= 0.6 is 0 Å². The van der Waals surface area contributed by atoms with E-state index in [-0.39, 0.29) is 24.8 Å². The van der Waals surface area contributed by atoms with Crippen molar-refractivity contribution in [2.45, 2.75) is 40.0 Å². The van der Waals surface area contributed by atoms with E-state index in [1.165, 1.54) is 10.5 Å². The van der Waals surface area contributed by atoms with Crippen LogP contribution in [0.3, 0.4) is 0 Å². The van der Waals surface area contributed by atoms with Gasteiger partial charge >= 0.3 is 0 Å². The molecule has 2 heterocycles. The number of pyridine rings is 1. The van der Waals surface area contributed by atoms with Gasteiger partial charge in [0.15, 0.2) is 5.82 Å². The molecule has 3 aromatic rings. The van der Waals surface area contributed by atoms with Crippen molar-refractivity contribution in [1.29, 1.82) is 0 Å². The Morgan fingerprint density at radius 1 is 1.06 bits per heavy atom. The van der Waals surface area contributed by atoms with Crippen LogP contribution in [0.25, 0.3) is 0 Å². The Balaban J connectivity index is 1.59. The first-order valence-corrected chi connectivity index (χ1v) is 11.1. The molecule has 1 aliphatic rings. The number of aryl methyl sites for hydroxylation is 2. The van der Waals surface area contributed by atoms with Gasteiger partial charge in [-0.2, -0.15) is 0 Å². The van der Waals surface area contributed by atoms with Crippen molar-refractivity contribution in [2.75, 3.05) is 16.8 Å². The van der Waals surface area contributed by atoms with Crippen LogP contribution in [-0.2, 0) is 9.59 Å². The molecule has 0 atom stereocenters. The van der Waals surface area contributed by atoms with Gasteiger partial charge < -0.3 is 5.32 Å². The minimum absolute atomic E-state index is 0.0922. The number of benzene rings is 2. The van der Waals surface area contributed by atoms with Crippen molar-refractivity contribution >= 4 is 34.7 Å². The summed E-state index contributed by atoms with van der Waals surface area (Å²) in [6.07, 6.45) is 1.70. The summed E-state index contributed by atoms with van der Waals surface area (Å²) in [4.78, 5) is 36.7. The molecule has 33 heavy (non-hydrogen) atoms. The smallest absolute Gasteiger partial charge is 0.244 e. The molecule has 6 heteroatoms. The molecule has 0 radical (unpaired) electrons. The minimum Gasteiger partial charge on any atom is -0.325 e. The second kappa shape index (κ2) is 9.36. The number of aromatic nitrogens is 1. The number of carbonyl (C=O) groups excluding carboxylic acids is 2. The Hall–Kier alpha value is -3.80. The molecular weight excluding hydrogens is 412 g/mol. The van der Waals surface area contributed by atoms with Gasteiger partial charge in [0, 0.05) is 11.9 Å².